The minimum absolute atomic E-state index is 0.0319. The Morgan fingerprint density at radius 2 is 1.54 bits per heavy atom. The van der Waals surface area contributed by atoms with Gasteiger partial charge in [-0.15, -0.1) is 0 Å². The van der Waals surface area contributed by atoms with Crippen LogP contribution in [0.2, 0.25) is 0 Å². The van der Waals surface area contributed by atoms with E-state index in [0.717, 1.165) is 50.7 Å². The van der Waals surface area contributed by atoms with Crippen molar-refractivity contribution in [2.24, 2.45) is 11.8 Å². The van der Waals surface area contributed by atoms with Crippen LogP contribution >= 0.6 is 0 Å². The second-order valence-corrected chi connectivity index (χ2v) is 4.62. The van der Waals surface area contributed by atoms with Crippen LogP contribution in [0.25, 0.3) is 0 Å². The van der Waals surface area contributed by atoms with Gasteiger partial charge in [-0.1, -0.05) is 12.8 Å². The Morgan fingerprint density at radius 1 is 1.00 bits per heavy atom. The number of aliphatic hydroxyl groups is 1. The third-order valence-corrected chi connectivity index (χ3v) is 3.25. The zero-order valence-corrected chi connectivity index (χ0v) is 8.24. The lowest BCUT2D eigenvalue weighted by molar-refractivity contribution is 0.0409. The van der Waals surface area contributed by atoms with E-state index in [4.69, 9.17) is 4.74 Å². The summed E-state index contributed by atoms with van der Waals surface area (Å²) in [4.78, 5) is 0. The van der Waals surface area contributed by atoms with E-state index in [1.807, 2.05) is 0 Å². The summed E-state index contributed by atoms with van der Waals surface area (Å²) in [5, 5.41) is 9.77. The largest absolute Gasteiger partial charge is 0.393 e. The molecule has 2 rings (SSSR count). The molecule has 1 heterocycles. The van der Waals surface area contributed by atoms with Crippen LogP contribution in [0, 0.1) is 11.8 Å². The van der Waals surface area contributed by atoms with Crippen molar-refractivity contribution >= 4 is 0 Å². The minimum Gasteiger partial charge on any atom is -0.393 e. The molecule has 2 aliphatic rings. The predicted molar refractivity (Wildman–Crippen MR) is 51.5 cm³/mol. The lowest BCUT2D eigenvalue weighted by Gasteiger charge is -2.24. The Labute approximate surface area is 80.3 Å². The number of ether oxygens (including phenoxy) is 1. The van der Waals surface area contributed by atoms with Gasteiger partial charge in [0.05, 0.1) is 6.10 Å². The van der Waals surface area contributed by atoms with Crippen LogP contribution in [0.3, 0.4) is 0 Å². The fourth-order valence-electron chi connectivity index (χ4n) is 2.20. The third kappa shape index (κ3) is 3.28. The standard InChI is InChI=1S/C11H20O2/c12-11(7-9-1-2-9)8-10-3-5-13-6-4-10/h9-12H,1-8H2. The van der Waals surface area contributed by atoms with Gasteiger partial charge >= 0.3 is 0 Å². The zero-order valence-electron chi connectivity index (χ0n) is 8.24. The summed E-state index contributed by atoms with van der Waals surface area (Å²) in [5.74, 6) is 1.58. The summed E-state index contributed by atoms with van der Waals surface area (Å²) in [6, 6.07) is 0. The molecule has 2 nitrogen and oxygen atoms in total. The van der Waals surface area contributed by atoms with Crippen LogP contribution < -0.4 is 0 Å². The van der Waals surface area contributed by atoms with Crippen LogP contribution in [-0.4, -0.2) is 24.4 Å². The second-order valence-electron chi connectivity index (χ2n) is 4.62. The first-order valence-corrected chi connectivity index (χ1v) is 5.60. The molecule has 1 saturated heterocycles. The van der Waals surface area contributed by atoms with Crippen molar-refractivity contribution in [3.05, 3.63) is 0 Å². The van der Waals surface area contributed by atoms with E-state index < -0.39 is 0 Å². The Morgan fingerprint density at radius 3 is 2.08 bits per heavy atom. The average molecular weight is 184 g/mol. The first-order valence-electron chi connectivity index (χ1n) is 5.60. The van der Waals surface area contributed by atoms with Crippen LogP contribution in [0.4, 0.5) is 0 Å². The predicted octanol–water partition coefficient (Wildman–Crippen LogP) is 1.96. The average Bonchev–Trinajstić information content (AvgIpc) is 2.90. The molecule has 0 aromatic rings. The lowest BCUT2D eigenvalue weighted by Crippen LogP contribution is -2.21. The van der Waals surface area contributed by atoms with Gasteiger partial charge in [0, 0.05) is 13.2 Å². The van der Waals surface area contributed by atoms with Crippen molar-refractivity contribution in [2.45, 2.75) is 44.6 Å². The maximum Gasteiger partial charge on any atom is 0.0545 e. The second kappa shape index (κ2) is 4.43. The molecule has 76 valence electrons. The maximum atomic E-state index is 9.77. The lowest BCUT2D eigenvalue weighted by atomic mass is 9.92. The molecule has 2 fully saturated rings. The van der Waals surface area contributed by atoms with E-state index in [2.05, 4.69) is 0 Å². The molecule has 1 aliphatic carbocycles. The van der Waals surface area contributed by atoms with E-state index in [0.29, 0.717) is 0 Å². The summed E-state index contributed by atoms with van der Waals surface area (Å²) in [5.41, 5.74) is 0. The summed E-state index contributed by atoms with van der Waals surface area (Å²) < 4.78 is 5.29. The van der Waals surface area contributed by atoms with Crippen LogP contribution in [-0.2, 0) is 4.74 Å². The highest BCUT2D eigenvalue weighted by Crippen LogP contribution is 2.35. The van der Waals surface area contributed by atoms with Crippen molar-refractivity contribution < 1.29 is 9.84 Å². The Bertz CT molecular complexity index is 148. The van der Waals surface area contributed by atoms with Crippen molar-refractivity contribution in [3.8, 4) is 0 Å². The van der Waals surface area contributed by atoms with Gasteiger partial charge in [-0.2, -0.15) is 0 Å². The minimum atomic E-state index is -0.0319. The van der Waals surface area contributed by atoms with E-state index in [9.17, 15) is 5.11 Å². The van der Waals surface area contributed by atoms with E-state index >= 15 is 0 Å². The molecular weight excluding hydrogens is 164 g/mol. The third-order valence-electron chi connectivity index (χ3n) is 3.25. The van der Waals surface area contributed by atoms with Crippen LogP contribution in [0.15, 0.2) is 0 Å². The molecule has 2 heteroatoms. The Kier molecular flexibility index (Phi) is 3.23. The van der Waals surface area contributed by atoms with Crippen molar-refractivity contribution in [2.75, 3.05) is 13.2 Å². The summed E-state index contributed by atoms with van der Waals surface area (Å²) in [7, 11) is 0. The van der Waals surface area contributed by atoms with Gasteiger partial charge in [-0.3, -0.25) is 0 Å². The van der Waals surface area contributed by atoms with E-state index in [-0.39, 0.29) is 6.10 Å². The molecule has 1 aliphatic heterocycles. The van der Waals surface area contributed by atoms with Crippen molar-refractivity contribution in [1.82, 2.24) is 0 Å². The quantitative estimate of drug-likeness (QED) is 0.723. The molecule has 0 aromatic carbocycles. The van der Waals surface area contributed by atoms with Crippen molar-refractivity contribution in [1.29, 1.82) is 0 Å². The fourth-order valence-corrected chi connectivity index (χ4v) is 2.20. The Hall–Kier alpha value is -0.0800. The molecule has 0 amide bonds. The maximum absolute atomic E-state index is 9.77. The summed E-state index contributed by atoms with van der Waals surface area (Å²) in [6.07, 6.45) is 7.05. The van der Waals surface area contributed by atoms with Gasteiger partial charge < -0.3 is 9.84 Å². The SMILES string of the molecule is OC(CC1CCOCC1)CC1CC1. The molecule has 0 spiro atoms. The highest BCUT2D eigenvalue weighted by Gasteiger charge is 2.26. The van der Waals surface area contributed by atoms with Gasteiger partial charge in [0.15, 0.2) is 0 Å². The summed E-state index contributed by atoms with van der Waals surface area (Å²) in [6.45, 7) is 1.81. The molecule has 1 unspecified atom stereocenters. The first-order chi connectivity index (χ1) is 6.34. The fraction of sp³-hybridized carbons (Fsp3) is 1.00. The number of hydrogen-bond acceptors (Lipinski definition) is 2. The normalized spacial score (nSPS) is 27.5. The number of hydrogen-bond donors (Lipinski definition) is 1. The van der Waals surface area contributed by atoms with Crippen LogP contribution in [0.1, 0.15) is 38.5 Å². The topological polar surface area (TPSA) is 29.5 Å². The molecule has 0 aromatic heterocycles. The van der Waals surface area contributed by atoms with E-state index in [1.165, 1.54) is 12.8 Å². The zero-order chi connectivity index (χ0) is 9.10. The Balaban J connectivity index is 1.62. The number of rotatable bonds is 4. The first kappa shape index (κ1) is 9.47. The number of aliphatic hydroxyl groups excluding tert-OH is 1. The molecule has 1 N–H and O–H groups in total. The summed E-state index contributed by atoms with van der Waals surface area (Å²) >= 11 is 0. The molecule has 1 atom stereocenters. The smallest absolute Gasteiger partial charge is 0.0545 e. The van der Waals surface area contributed by atoms with Crippen LogP contribution in [0.5, 0.6) is 0 Å². The molecule has 0 bridgehead atoms. The monoisotopic (exact) mass is 184 g/mol. The van der Waals surface area contributed by atoms with Crippen molar-refractivity contribution in [3.63, 3.8) is 0 Å². The molecular formula is C11H20O2. The van der Waals surface area contributed by atoms with Gasteiger partial charge in [-0.25, -0.2) is 0 Å². The van der Waals surface area contributed by atoms with Gasteiger partial charge in [-0.05, 0) is 37.5 Å². The van der Waals surface area contributed by atoms with Gasteiger partial charge in [0.2, 0.25) is 0 Å². The van der Waals surface area contributed by atoms with Gasteiger partial charge in [0.25, 0.3) is 0 Å². The van der Waals surface area contributed by atoms with E-state index in [1.54, 1.807) is 0 Å². The highest BCUT2D eigenvalue weighted by atomic mass is 16.5. The molecule has 13 heavy (non-hydrogen) atoms. The molecule has 0 radical (unpaired) electrons. The van der Waals surface area contributed by atoms with Gasteiger partial charge in [0.1, 0.15) is 0 Å². The highest BCUT2D eigenvalue weighted by molar-refractivity contribution is 4.78. The molecule has 1 saturated carbocycles.